The van der Waals surface area contributed by atoms with Gasteiger partial charge in [0.1, 0.15) is 5.75 Å². The minimum absolute atomic E-state index is 0.154. The molecule has 0 spiro atoms. The molecule has 0 aliphatic heterocycles. The smallest absolute Gasteiger partial charge is 0.338 e. The number of carbonyl (C=O) groups excluding carboxylic acids is 1. The predicted molar refractivity (Wildman–Crippen MR) is 76.1 cm³/mol. The van der Waals surface area contributed by atoms with Gasteiger partial charge in [0.2, 0.25) is 0 Å². The zero-order chi connectivity index (χ0) is 15.2. The normalized spacial score (nSPS) is 9.25. The van der Waals surface area contributed by atoms with Crippen LogP contribution in [0.3, 0.4) is 0 Å². The molecule has 0 atom stereocenters. The van der Waals surface area contributed by atoms with Crippen molar-refractivity contribution < 1.29 is 23.1 Å². The number of hydrogen-bond donors (Lipinski definition) is 1. The molecule has 0 fully saturated rings. The van der Waals surface area contributed by atoms with Gasteiger partial charge in [-0.15, -0.1) is 0 Å². The SMILES string of the molecule is CCCCCCCOC(=O)c1ccc(O)cc1.O=S=O. The van der Waals surface area contributed by atoms with Crippen molar-refractivity contribution >= 4 is 17.5 Å². The molecule has 0 heterocycles. The van der Waals surface area contributed by atoms with Crippen LogP contribution in [-0.2, 0) is 16.3 Å². The minimum atomic E-state index is -0.750. The molecule has 1 rings (SSSR count). The van der Waals surface area contributed by atoms with E-state index in [1.165, 1.54) is 31.4 Å². The molecule has 1 aromatic carbocycles. The number of hydrogen-bond acceptors (Lipinski definition) is 5. The fourth-order valence-corrected chi connectivity index (χ4v) is 1.55. The predicted octanol–water partition coefficient (Wildman–Crippen LogP) is 2.85. The molecule has 1 aromatic rings. The van der Waals surface area contributed by atoms with Crippen LogP contribution in [0.15, 0.2) is 24.3 Å². The van der Waals surface area contributed by atoms with Crippen molar-refractivity contribution in [3.8, 4) is 5.75 Å². The average molecular weight is 300 g/mol. The first kappa shape index (κ1) is 18.3. The molecule has 5 nitrogen and oxygen atoms in total. The molecule has 0 amide bonds. The van der Waals surface area contributed by atoms with E-state index in [4.69, 9.17) is 18.3 Å². The second-order valence-corrected chi connectivity index (χ2v) is 4.30. The third-order valence-electron chi connectivity index (χ3n) is 2.58. The van der Waals surface area contributed by atoms with Gasteiger partial charge in [0.05, 0.1) is 12.2 Å². The summed E-state index contributed by atoms with van der Waals surface area (Å²) in [5.74, 6) is -0.165. The maximum Gasteiger partial charge on any atom is 0.338 e. The number of unbranched alkanes of at least 4 members (excludes halogenated alkanes) is 4. The van der Waals surface area contributed by atoms with Crippen molar-refractivity contribution in [3.05, 3.63) is 29.8 Å². The zero-order valence-corrected chi connectivity index (χ0v) is 12.4. The van der Waals surface area contributed by atoms with Gasteiger partial charge in [0.15, 0.2) is 0 Å². The topological polar surface area (TPSA) is 80.7 Å². The number of benzene rings is 1. The number of phenolic OH excluding ortho intramolecular Hbond substituents is 1. The van der Waals surface area contributed by atoms with Gasteiger partial charge in [-0.2, -0.15) is 8.42 Å². The standard InChI is InChI=1S/C14H20O3.O2S/c1-2-3-4-5-6-11-17-14(16)12-7-9-13(15)10-8-12;1-3-2/h7-10,15H,2-6,11H2,1H3;. The van der Waals surface area contributed by atoms with Crippen molar-refractivity contribution in [1.29, 1.82) is 0 Å². The lowest BCUT2D eigenvalue weighted by molar-refractivity contribution is 0.0497. The van der Waals surface area contributed by atoms with Crippen molar-refractivity contribution in [2.75, 3.05) is 6.61 Å². The van der Waals surface area contributed by atoms with Gasteiger partial charge >= 0.3 is 17.5 Å². The molecule has 1 N–H and O–H groups in total. The Kier molecular flexibility index (Phi) is 11.3. The first-order valence-electron chi connectivity index (χ1n) is 6.53. The van der Waals surface area contributed by atoms with E-state index in [-0.39, 0.29) is 11.7 Å². The van der Waals surface area contributed by atoms with Crippen LogP contribution in [0.1, 0.15) is 49.4 Å². The molecular weight excluding hydrogens is 280 g/mol. The quantitative estimate of drug-likeness (QED) is 0.618. The third-order valence-corrected chi connectivity index (χ3v) is 2.58. The van der Waals surface area contributed by atoms with Gasteiger partial charge in [0, 0.05) is 0 Å². The second kappa shape index (κ2) is 12.3. The van der Waals surface area contributed by atoms with Crippen LogP contribution in [0.2, 0.25) is 0 Å². The lowest BCUT2D eigenvalue weighted by Gasteiger charge is -2.04. The number of rotatable bonds is 7. The van der Waals surface area contributed by atoms with Gasteiger partial charge in [-0.25, -0.2) is 4.79 Å². The molecule has 0 saturated carbocycles. The van der Waals surface area contributed by atoms with Crippen LogP contribution >= 0.6 is 0 Å². The summed E-state index contributed by atoms with van der Waals surface area (Å²) in [5.41, 5.74) is 0.483. The lowest BCUT2D eigenvalue weighted by atomic mass is 10.2. The summed E-state index contributed by atoms with van der Waals surface area (Å²) in [7, 11) is 0. The maximum absolute atomic E-state index is 11.5. The van der Waals surface area contributed by atoms with Crippen LogP contribution in [0.4, 0.5) is 0 Å². The summed E-state index contributed by atoms with van der Waals surface area (Å²) in [4.78, 5) is 11.5. The Bertz CT molecular complexity index is 410. The van der Waals surface area contributed by atoms with E-state index in [1.807, 2.05) is 0 Å². The van der Waals surface area contributed by atoms with Crippen LogP contribution < -0.4 is 0 Å². The summed E-state index contributed by atoms with van der Waals surface area (Å²) in [6.07, 6.45) is 5.69. The third kappa shape index (κ3) is 9.27. The summed E-state index contributed by atoms with van der Waals surface area (Å²) >= 11 is -0.750. The Hall–Kier alpha value is -1.69. The number of phenols is 1. The van der Waals surface area contributed by atoms with E-state index in [0.717, 1.165) is 12.8 Å². The monoisotopic (exact) mass is 300 g/mol. The van der Waals surface area contributed by atoms with Gasteiger partial charge in [-0.1, -0.05) is 32.6 Å². The Balaban J connectivity index is 0.00000110. The fraction of sp³-hybridized carbons (Fsp3) is 0.500. The summed E-state index contributed by atoms with van der Waals surface area (Å²) in [5, 5.41) is 9.08. The van der Waals surface area contributed by atoms with E-state index in [9.17, 15) is 4.79 Å². The number of carbonyl (C=O) groups is 1. The van der Waals surface area contributed by atoms with Crippen LogP contribution in [0.5, 0.6) is 5.75 Å². The van der Waals surface area contributed by atoms with E-state index in [0.29, 0.717) is 12.2 Å². The number of aromatic hydroxyl groups is 1. The van der Waals surface area contributed by atoms with Gasteiger partial charge in [-0.3, -0.25) is 0 Å². The van der Waals surface area contributed by atoms with Gasteiger partial charge < -0.3 is 9.84 Å². The lowest BCUT2D eigenvalue weighted by Crippen LogP contribution is -2.06. The van der Waals surface area contributed by atoms with Crippen molar-refractivity contribution in [3.63, 3.8) is 0 Å². The Morgan fingerprint density at radius 1 is 1.10 bits per heavy atom. The molecule has 20 heavy (non-hydrogen) atoms. The molecule has 112 valence electrons. The molecule has 0 unspecified atom stereocenters. The van der Waals surface area contributed by atoms with E-state index in [1.54, 1.807) is 12.1 Å². The van der Waals surface area contributed by atoms with Crippen molar-refractivity contribution in [1.82, 2.24) is 0 Å². The van der Waals surface area contributed by atoms with Crippen LogP contribution in [-0.4, -0.2) is 26.1 Å². The Labute approximate surface area is 122 Å². The molecule has 0 radical (unpaired) electrons. The zero-order valence-electron chi connectivity index (χ0n) is 11.5. The average Bonchev–Trinajstić information content (AvgIpc) is 2.44. The largest absolute Gasteiger partial charge is 0.508 e. The molecule has 0 aromatic heterocycles. The van der Waals surface area contributed by atoms with Crippen molar-refractivity contribution in [2.24, 2.45) is 0 Å². The highest BCUT2D eigenvalue weighted by molar-refractivity contribution is 7.51. The van der Waals surface area contributed by atoms with Gasteiger partial charge in [0.25, 0.3) is 0 Å². The van der Waals surface area contributed by atoms with E-state index < -0.39 is 11.6 Å². The fourth-order valence-electron chi connectivity index (χ4n) is 1.55. The van der Waals surface area contributed by atoms with E-state index in [2.05, 4.69) is 6.92 Å². The summed E-state index contributed by atoms with van der Waals surface area (Å²) in [6, 6.07) is 6.10. The molecule has 0 aliphatic carbocycles. The Morgan fingerprint density at radius 3 is 2.20 bits per heavy atom. The highest BCUT2D eigenvalue weighted by Gasteiger charge is 2.05. The van der Waals surface area contributed by atoms with Crippen LogP contribution in [0.25, 0.3) is 0 Å². The van der Waals surface area contributed by atoms with Gasteiger partial charge in [-0.05, 0) is 30.7 Å². The Morgan fingerprint density at radius 2 is 1.65 bits per heavy atom. The molecule has 0 bridgehead atoms. The highest BCUT2D eigenvalue weighted by Crippen LogP contribution is 2.11. The first-order valence-corrected chi connectivity index (χ1v) is 7.20. The summed E-state index contributed by atoms with van der Waals surface area (Å²) < 4.78 is 21.7. The molecule has 0 saturated heterocycles. The number of esters is 1. The minimum Gasteiger partial charge on any atom is -0.508 e. The maximum atomic E-state index is 11.5. The second-order valence-electron chi connectivity index (χ2n) is 4.17. The molecule has 6 heteroatoms. The summed E-state index contributed by atoms with van der Waals surface area (Å²) in [6.45, 7) is 2.65. The highest BCUT2D eigenvalue weighted by atomic mass is 32.1. The first-order chi connectivity index (χ1) is 9.65. The van der Waals surface area contributed by atoms with Crippen molar-refractivity contribution in [2.45, 2.75) is 39.0 Å². The van der Waals surface area contributed by atoms with E-state index >= 15 is 0 Å². The molecule has 0 aliphatic rings. The van der Waals surface area contributed by atoms with Crippen LogP contribution in [0, 0.1) is 0 Å². The number of ether oxygens (including phenoxy) is 1. The molecular formula is C14H20O5S.